The number of nitrogens with zero attached hydrogens (tertiary/aromatic N) is 2. The third-order valence-electron chi connectivity index (χ3n) is 5.73. The number of aromatic nitrogens is 1. The topological polar surface area (TPSA) is 60.9 Å². The first-order chi connectivity index (χ1) is 15.2. The predicted octanol–water partition coefficient (Wildman–Crippen LogP) is 4.96. The van der Waals surface area contributed by atoms with Gasteiger partial charge >= 0.3 is 0 Å². The van der Waals surface area contributed by atoms with E-state index in [0.717, 1.165) is 59.2 Å². The van der Waals surface area contributed by atoms with Gasteiger partial charge in [0.15, 0.2) is 11.5 Å². The standard InChI is InChI=1S/C24H24N2O4S/c1-28-18-8-5-16(6-9-18)23-25-19(15-31-23)24(27)26-11-2-4-20(26)17-7-10-21-22(14-17)30-13-3-12-29-21/h5-10,14-15,20H,2-4,11-13H2,1H3. The highest BCUT2D eigenvalue weighted by atomic mass is 32.1. The van der Waals surface area contributed by atoms with E-state index in [9.17, 15) is 4.79 Å². The van der Waals surface area contributed by atoms with Crippen LogP contribution in [0.5, 0.6) is 17.2 Å². The first-order valence-corrected chi connectivity index (χ1v) is 11.4. The van der Waals surface area contributed by atoms with Crippen molar-refractivity contribution in [3.8, 4) is 27.8 Å². The Labute approximate surface area is 185 Å². The SMILES string of the molecule is COc1ccc(-c2nc(C(=O)N3CCCC3c3ccc4c(c3)OCCCO4)cs2)cc1. The zero-order valence-electron chi connectivity index (χ0n) is 17.4. The highest BCUT2D eigenvalue weighted by Gasteiger charge is 2.32. The number of fused-ring (bicyclic) bond motifs is 1. The van der Waals surface area contributed by atoms with Crippen LogP contribution < -0.4 is 14.2 Å². The molecule has 3 aromatic rings. The number of likely N-dealkylation sites (tertiary alicyclic amines) is 1. The van der Waals surface area contributed by atoms with Crippen LogP contribution in [0, 0.1) is 0 Å². The van der Waals surface area contributed by atoms with Crippen molar-refractivity contribution in [2.45, 2.75) is 25.3 Å². The van der Waals surface area contributed by atoms with Gasteiger partial charge in [0.05, 0.1) is 26.4 Å². The number of hydrogen-bond donors (Lipinski definition) is 0. The van der Waals surface area contributed by atoms with E-state index in [4.69, 9.17) is 14.2 Å². The molecule has 0 radical (unpaired) electrons. The number of carbonyl (C=O) groups is 1. The van der Waals surface area contributed by atoms with E-state index in [1.54, 1.807) is 7.11 Å². The van der Waals surface area contributed by atoms with Crippen LogP contribution in [0.4, 0.5) is 0 Å². The molecule has 0 spiro atoms. The van der Waals surface area contributed by atoms with Crippen molar-refractivity contribution in [1.82, 2.24) is 9.88 Å². The van der Waals surface area contributed by atoms with Gasteiger partial charge in [-0.15, -0.1) is 11.3 Å². The molecule has 1 atom stereocenters. The molecular weight excluding hydrogens is 412 g/mol. The highest BCUT2D eigenvalue weighted by Crippen LogP contribution is 2.39. The highest BCUT2D eigenvalue weighted by molar-refractivity contribution is 7.13. The van der Waals surface area contributed by atoms with Gasteiger partial charge in [-0.3, -0.25) is 4.79 Å². The number of benzene rings is 2. The van der Waals surface area contributed by atoms with Gasteiger partial charge in [-0.25, -0.2) is 4.98 Å². The van der Waals surface area contributed by atoms with Crippen molar-refractivity contribution >= 4 is 17.2 Å². The smallest absolute Gasteiger partial charge is 0.273 e. The van der Waals surface area contributed by atoms with E-state index in [0.29, 0.717) is 18.9 Å². The van der Waals surface area contributed by atoms with Crippen molar-refractivity contribution in [2.75, 3.05) is 26.9 Å². The summed E-state index contributed by atoms with van der Waals surface area (Å²) in [7, 11) is 1.64. The van der Waals surface area contributed by atoms with Crippen LogP contribution in [0.1, 0.15) is 41.4 Å². The summed E-state index contributed by atoms with van der Waals surface area (Å²) < 4.78 is 16.8. The third-order valence-corrected chi connectivity index (χ3v) is 6.62. The Kier molecular flexibility index (Phi) is 5.51. The van der Waals surface area contributed by atoms with Crippen molar-refractivity contribution in [2.24, 2.45) is 0 Å². The van der Waals surface area contributed by atoms with Crippen molar-refractivity contribution in [1.29, 1.82) is 0 Å². The third kappa shape index (κ3) is 3.97. The minimum Gasteiger partial charge on any atom is -0.497 e. The van der Waals surface area contributed by atoms with E-state index >= 15 is 0 Å². The Bertz CT molecular complexity index is 1080. The van der Waals surface area contributed by atoms with E-state index < -0.39 is 0 Å². The maximum absolute atomic E-state index is 13.3. The van der Waals surface area contributed by atoms with Crippen molar-refractivity contribution in [3.05, 3.63) is 59.1 Å². The van der Waals surface area contributed by atoms with Crippen LogP contribution in [0.2, 0.25) is 0 Å². The molecule has 6 nitrogen and oxygen atoms in total. The maximum Gasteiger partial charge on any atom is 0.273 e. The number of carbonyl (C=O) groups excluding carboxylic acids is 1. The summed E-state index contributed by atoms with van der Waals surface area (Å²) in [6.07, 6.45) is 2.78. The van der Waals surface area contributed by atoms with Gasteiger partial charge in [0.25, 0.3) is 5.91 Å². The summed E-state index contributed by atoms with van der Waals surface area (Å²) in [4.78, 5) is 19.9. The molecule has 3 heterocycles. The lowest BCUT2D eigenvalue weighted by atomic mass is 10.0. The summed E-state index contributed by atoms with van der Waals surface area (Å²) in [5, 5.41) is 2.68. The molecule has 1 unspecified atom stereocenters. The van der Waals surface area contributed by atoms with Crippen LogP contribution in [0.25, 0.3) is 10.6 Å². The summed E-state index contributed by atoms with van der Waals surface area (Å²) >= 11 is 1.49. The first-order valence-electron chi connectivity index (χ1n) is 10.5. The lowest BCUT2D eigenvalue weighted by Gasteiger charge is -2.25. The van der Waals surface area contributed by atoms with Gasteiger partial charge in [-0.1, -0.05) is 6.07 Å². The Morgan fingerprint density at radius 2 is 1.90 bits per heavy atom. The molecular formula is C24H24N2O4S. The van der Waals surface area contributed by atoms with Crippen molar-refractivity contribution in [3.63, 3.8) is 0 Å². The van der Waals surface area contributed by atoms with E-state index in [-0.39, 0.29) is 11.9 Å². The van der Waals surface area contributed by atoms with Gasteiger partial charge in [0.1, 0.15) is 16.5 Å². The second kappa shape index (κ2) is 8.59. The molecule has 1 aromatic heterocycles. The monoisotopic (exact) mass is 436 g/mol. The zero-order valence-corrected chi connectivity index (χ0v) is 18.2. The molecule has 2 aromatic carbocycles. The Morgan fingerprint density at radius 3 is 2.71 bits per heavy atom. The Balaban J connectivity index is 1.37. The van der Waals surface area contributed by atoms with Crippen LogP contribution >= 0.6 is 11.3 Å². The van der Waals surface area contributed by atoms with Gasteiger partial charge in [0, 0.05) is 23.9 Å². The molecule has 1 fully saturated rings. The second-order valence-corrected chi connectivity index (χ2v) is 8.54. The van der Waals surface area contributed by atoms with Crippen LogP contribution in [0.3, 0.4) is 0 Å². The lowest BCUT2D eigenvalue weighted by Crippen LogP contribution is -2.30. The average Bonchev–Trinajstić information content (AvgIpc) is 3.44. The van der Waals surface area contributed by atoms with E-state index in [2.05, 4.69) is 4.98 Å². The van der Waals surface area contributed by atoms with E-state index in [1.807, 2.05) is 52.7 Å². The van der Waals surface area contributed by atoms with Crippen LogP contribution in [-0.4, -0.2) is 42.7 Å². The summed E-state index contributed by atoms with van der Waals surface area (Å²) in [6, 6.07) is 13.8. The molecule has 5 rings (SSSR count). The molecule has 2 aliphatic rings. The molecule has 7 heteroatoms. The van der Waals surface area contributed by atoms with Gasteiger partial charge in [0.2, 0.25) is 0 Å². The fourth-order valence-corrected chi connectivity index (χ4v) is 4.93. The largest absolute Gasteiger partial charge is 0.497 e. The molecule has 0 N–H and O–H groups in total. The number of methoxy groups -OCH3 is 1. The molecule has 0 bridgehead atoms. The molecule has 0 aliphatic carbocycles. The first kappa shape index (κ1) is 19.9. The predicted molar refractivity (Wildman–Crippen MR) is 119 cm³/mol. The fourth-order valence-electron chi connectivity index (χ4n) is 4.13. The number of ether oxygens (including phenoxy) is 3. The lowest BCUT2D eigenvalue weighted by molar-refractivity contribution is 0.0730. The number of rotatable bonds is 4. The normalized spacial score (nSPS) is 18.0. The minimum absolute atomic E-state index is 0.0226. The quantitative estimate of drug-likeness (QED) is 0.579. The summed E-state index contributed by atoms with van der Waals surface area (Å²) in [6.45, 7) is 2.05. The zero-order chi connectivity index (χ0) is 21.2. The molecule has 160 valence electrons. The minimum atomic E-state index is -0.0226. The summed E-state index contributed by atoms with van der Waals surface area (Å²) in [5.41, 5.74) is 2.56. The second-order valence-electron chi connectivity index (χ2n) is 7.68. The van der Waals surface area contributed by atoms with Gasteiger partial charge in [-0.2, -0.15) is 0 Å². The number of amides is 1. The summed E-state index contributed by atoms with van der Waals surface area (Å²) in [5.74, 6) is 2.32. The molecule has 0 saturated carbocycles. The van der Waals surface area contributed by atoms with Gasteiger partial charge in [-0.05, 0) is 54.8 Å². The molecule has 1 amide bonds. The van der Waals surface area contributed by atoms with Crippen LogP contribution in [-0.2, 0) is 0 Å². The molecule has 2 aliphatic heterocycles. The fraction of sp³-hybridized carbons (Fsp3) is 0.333. The Morgan fingerprint density at radius 1 is 1.10 bits per heavy atom. The average molecular weight is 437 g/mol. The van der Waals surface area contributed by atoms with Crippen molar-refractivity contribution < 1.29 is 19.0 Å². The molecule has 31 heavy (non-hydrogen) atoms. The van der Waals surface area contributed by atoms with Crippen LogP contribution in [0.15, 0.2) is 47.8 Å². The van der Waals surface area contributed by atoms with Gasteiger partial charge < -0.3 is 19.1 Å². The number of hydrogen-bond acceptors (Lipinski definition) is 6. The molecule has 1 saturated heterocycles. The number of thiazole rings is 1. The maximum atomic E-state index is 13.3. The Hall–Kier alpha value is -3.06. The van der Waals surface area contributed by atoms with E-state index in [1.165, 1.54) is 11.3 Å².